The number of hydrogen-bond acceptors (Lipinski definition) is 7. The number of carbonyl (C=O) groups excluding carboxylic acids is 3. The SMILES string of the molecule is CO[C@H]1CN(C)C(=O)c2ccc(NC(C)=O)cc2OC[C@@H](C)N(C(=O)c2cnccn2)C[C@H]1C. The molecule has 1 aliphatic heterocycles. The summed E-state index contributed by atoms with van der Waals surface area (Å²) in [5, 5.41) is 2.71. The molecule has 10 nitrogen and oxygen atoms in total. The van der Waals surface area contributed by atoms with Gasteiger partial charge in [-0.1, -0.05) is 6.92 Å². The van der Waals surface area contributed by atoms with Crippen molar-refractivity contribution in [1.29, 1.82) is 0 Å². The standard InChI is InChI=1S/C24H31N5O5/c1-15-12-29(24(32)20-11-25-8-9-26-20)16(2)14-34-21-10-18(27-17(3)30)6-7-19(21)23(31)28(4)13-22(15)33-5/h6-11,15-16,22H,12-14H2,1-5H3,(H,27,30)/t15-,16-,22+/m1/s1. The molecule has 34 heavy (non-hydrogen) atoms. The van der Waals surface area contributed by atoms with E-state index in [0.717, 1.165) is 0 Å². The molecule has 0 spiro atoms. The summed E-state index contributed by atoms with van der Waals surface area (Å²) in [6, 6.07) is 4.56. The van der Waals surface area contributed by atoms with Crippen LogP contribution in [0, 0.1) is 5.92 Å². The maximum Gasteiger partial charge on any atom is 0.274 e. The van der Waals surface area contributed by atoms with E-state index >= 15 is 0 Å². The molecular weight excluding hydrogens is 438 g/mol. The molecule has 0 saturated heterocycles. The Morgan fingerprint density at radius 3 is 2.62 bits per heavy atom. The van der Waals surface area contributed by atoms with Crippen LogP contribution in [-0.2, 0) is 9.53 Å². The van der Waals surface area contributed by atoms with Gasteiger partial charge in [0.15, 0.2) is 0 Å². The smallest absolute Gasteiger partial charge is 0.274 e. The Labute approximate surface area is 199 Å². The van der Waals surface area contributed by atoms with Gasteiger partial charge in [0.1, 0.15) is 18.1 Å². The van der Waals surface area contributed by atoms with Gasteiger partial charge in [-0.25, -0.2) is 4.98 Å². The number of likely N-dealkylation sites (N-methyl/N-ethyl adjacent to an activating group) is 1. The van der Waals surface area contributed by atoms with Crippen LogP contribution in [0.1, 0.15) is 41.6 Å². The lowest BCUT2D eigenvalue weighted by atomic mass is 10.0. The molecule has 1 N–H and O–H groups in total. The number of aromatic nitrogens is 2. The van der Waals surface area contributed by atoms with E-state index in [2.05, 4.69) is 15.3 Å². The lowest BCUT2D eigenvalue weighted by Crippen LogP contribution is -2.48. The highest BCUT2D eigenvalue weighted by atomic mass is 16.5. The summed E-state index contributed by atoms with van der Waals surface area (Å²) in [5.41, 5.74) is 1.11. The fourth-order valence-corrected chi connectivity index (χ4v) is 3.89. The van der Waals surface area contributed by atoms with Crippen LogP contribution in [-0.4, -0.2) is 83.5 Å². The Morgan fingerprint density at radius 1 is 1.21 bits per heavy atom. The number of nitrogens with one attached hydrogen (secondary N) is 1. The quantitative estimate of drug-likeness (QED) is 0.732. The maximum atomic E-state index is 13.3. The number of ether oxygens (including phenoxy) is 2. The van der Waals surface area contributed by atoms with Gasteiger partial charge >= 0.3 is 0 Å². The molecule has 1 aromatic heterocycles. The minimum absolute atomic E-state index is 0.0793. The monoisotopic (exact) mass is 469 g/mol. The average molecular weight is 470 g/mol. The Balaban J connectivity index is 2.00. The fourth-order valence-electron chi connectivity index (χ4n) is 3.89. The van der Waals surface area contributed by atoms with Gasteiger partial charge in [0, 0.05) is 64.2 Å². The highest BCUT2D eigenvalue weighted by molar-refractivity contribution is 5.98. The summed E-state index contributed by atoms with van der Waals surface area (Å²) in [7, 11) is 3.30. The third kappa shape index (κ3) is 5.88. The second-order valence-electron chi connectivity index (χ2n) is 8.54. The minimum atomic E-state index is -0.348. The first-order chi connectivity index (χ1) is 16.2. The first-order valence-electron chi connectivity index (χ1n) is 11.1. The largest absolute Gasteiger partial charge is 0.491 e. The molecule has 0 radical (unpaired) electrons. The molecule has 3 amide bonds. The van der Waals surface area contributed by atoms with Gasteiger partial charge in [0.2, 0.25) is 5.91 Å². The van der Waals surface area contributed by atoms with Gasteiger partial charge in [-0.3, -0.25) is 19.4 Å². The fraction of sp³-hybridized carbons (Fsp3) is 0.458. The van der Waals surface area contributed by atoms with E-state index in [0.29, 0.717) is 30.1 Å². The summed E-state index contributed by atoms with van der Waals surface area (Å²) >= 11 is 0. The Hall–Kier alpha value is -3.53. The molecule has 2 aromatic rings. The summed E-state index contributed by atoms with van der Waals surface area (Å²) in [4.78, 5) is 49.5. The van der Waals surface area contributed by atoms with Crippen molar-refractivity contribution in [3.63, 3.8) is 0 Å². The number of nitrogens with zero attached hydrogens (tertiary/aromatic N) is 4. The molecule has 0 bridgehead atoms. The van der Waals surface area contributed by atoms with Gasteiger partial charge < -0.3 is 24.6 Å². The molecule has 3 atom stereocenters. The van der Waals surface area contributed by atoms with E-state index in [4.69, 9.17) is 9.47 Å². The molecule has 3 rings (SSSR count). The van der Waals surface area contributed by atoms with Crippen molar-refractivity contribution in [2.45, 2.75) is 32.9 Å². The number of rotatable bonds is 3. The number of hydrogen-bond donors (Lipinski definition) is 1. The Bertz CT molecular complexity index is 1030. The third-order valence-corrected chi connectivity index (χ3v) is 5.81. The average Bonchev–Trinajstić information content (AvgIpc) is 2.82. The molecule has 10 heteroatoms. The zero-order valence-electron chi connectivity index (χ0n) is 20.1. The van der Waals surface area contributed by atoms with Gasteiger partial charge in [-0.05, 0) is 19.1 Å². The van der Waals surface area contributed by atoms with Crippen molar-refractivity contribution in [1.82, 2.24) is 19.8 Å². The summed E-state index contributed by atoms with van der Waals surface area (Å²) in [6.45, 7) is 6.09. The van der Waals surface area contributed by atoms with Gasteiger partial charge in [0.05, 0.1) is 23.9 Å². The Morgan fingerprint density at radius 2 is 1.97 bits per heavy atom. The number of carbonyl (C=O) groups is 3. The predicted octanol–water partition coefficient (Wildman–Crippen LogP) is 2.08. The lowest BCUT2D eigenvalue weighted by molar-refractivity contribution is -0.114. The second kappa shape index (κ2) is 11.1. The van der Waals surface area contributed by atoms with E-state index in [1.807, 2.05) is 13.8 Å². The van der Waals surface area contributed by atoms with E-state index in [1.54, 1.807) is 42.2 Å². The first-order valence-corrected chi connectivity index (χ1v) is 11.1. The predicted molar refractivity (Wildman–Crippen MR) is 126 cm³/mol. The van der Waals surface area contributed by atoms with Crippen LogP contribution in [0.4, 0.5) is 5.69 Å². The third-order valence-electron chi connectivity index (χ3n) is 5.81. The molecular formula is C24H31N5O5. The van der Waals surface area contributed by atoms with Crippen LogP contribution in [0.3, 0.4) is 0 Å². The van der Waals surface area contributed by atoms with Gasteiger partial charge in [-0.2, -0.15) is 0 Å². The number of amides is 3. The van der Waals surface area contributed by atoms with E-state index in [9.17, 15) is 14.4 Å². The maximum absolute atomic E-state index is 13.3. The number of methoxy groups -OCH3 is 1. The molecule has 2 heterocycles. The molecule has 182 valence electrons. The van der Waals surface area contributed by atoms with E-state index < -0.39 is 0 Å². The van der Waals surface area contributed by atoms with Crippen LogP contribution in [0.5, 0.6) is 5.75 Å². The number of fused-ring (bicyclic) bond motifs is 1. The van der Waals surface area contributed by atoms with Crippen LogP contribution in [0.25, 0.3) is 0 Å². The Kier molecular flexibility index (Phi) is 8.17. The summed E-state index contributed by atoms with van der Waals surface area (Å²) in [6.07, 6.45) is 4.12. The zero-order valence-corrected chi connectivity index (χ0v) is 20.1. The highest BCUT2D eigenvalue weighted by Crippen LogP contribution is 2.27. The van der Waals surface area contributed by atoms with Crippen molar-refractivity contribution in [3.05, 3.63) is 48.0 Å². The van der Waals surface area contributed by atoms with Crippen LogP contribution in [0.2, 0.25) is 0 Å². The lowest BCUT2D eigenvalue weighted by Gasteiger charge is -2.35. The summed E-state index contributed by atoms with van der Waals surface area (Å²) in [5.74, 6) is -0.477. The van der Waals surface area contributed by atoms with Crippen LogP contribution in [0.15, 0.2) is 36.8 Å². The van der Waals surface area contributed by atoms with Gasteiger partial charge in [-0.15, -0.1) is 0 Å². The topological polar surface area (TPSA) is 114 Å². The molecule has 1 aliphatic rings. The molecule has 0 aliphatic carbocycles. The molecule has 0 saturated carbocycles. The van der Waals surface area contributed by atoms with Crippen LogP contribution < -0.4 is 10.1 Å². The molecule has 0 unspecified atom stereocenters. The summed E-state index contributed by atoms with van der Waals surface area (Å²) < 4.78 is 11.8. The van der Waals surface area contributed by atoms with Crippen molar-refractivity contribution >= 4 is 23.4 Å². The molecule has 0 fully saturated rings. The number of benzene rings is 1. The van der Waals surface area contributed by atoms with Crippen molar-refractivity contribution in [2.75, 3.05) is 39.2 Å². The first kappa shape index (κ1) is 25.1. The highest BCUT2D eigenvalue weighted by Gasteiger charge is 2.31. The minimum Gasteiger partial charge on any atom is -0.491 e. The molecule has 1 aromatic carbocycles. The van der Waals surface area contributed by atoms with Crippen molar-refractivity contribution < 1.29 is 23.9 Å². The number of anilines is 1. The zero-order chi connectivity index (χ0) is 24.8. The van der Waals surface area contributed by atoms with Crippen LogP contribution >= 0.6 is 0 Å². The normalized spacial score (nSPS) is 21.6. The van der Waals surface area contributed by atoms with E-state index in [-0.39, 0.29) is 48.1 Å². The second-order valence-corrected chi connectivity index (χ2v) is 8.54. The van der Waals surface area contributed by atoms with Gasteiger partial charge in [0.25, 0.3) is 11.8 Å². The van der Waals surface area contributed by atoms with E-state index in [1.165, 1.54) is 25.5 Å². The van der Waals surface area contributed by atoms with Crippen molar-refractivity contribution in [3.8, 4) is 5.75 Å². The van der Waals surface area contributed by atoms with Crippen molar-refractivity contribution in [2.24, 2.45) is 5.92 Å².